The number of rotatable bonds is 5. The summed E-state index contributed by atoms with van der Waals surface area (Å²) in [4.78, 5) is 21.9. The summed E-state index contributed by atoms with van der Waals surface area (Å²) in [5.74, 6) is -3.97. The summed E-state index contributed by atoms with van der Waals surface area (Å²) in [6, 6.07) is 1.29. The van der Waals surface area contributed by atoms with Crippen molar-refractivity contribution in [2.45, 2.75) is 19.9 Å². The average Bonchev–Trinajstić information content (AvgIpc) is 2.26. The molecule has 0 heterocycles. The fraction of sp³-hybridized carbons (Fsp3) is 0.333. The molecule has 7 heteroatoms. The molecule has 0 saturated heterocycles. The Morgan fingerprint density at radius 2 is 1.79 bits per heavy atom. The minimum absolute atomic E-state index is 0.0848. The zero-order chi connectivity index (χ0) is 14.6. The maximum atomic E-state index is 13.5. The van der Waals surface area contributed by atoms with Crippen molar-refractivity contribution in [1.82, 2.24) is 5.32 Å². The molecule has 0 bridgehead atoms. The number of halogens is 2. The molecule has 0 aliphatic rings. The van der Waals surface area contributed by atoms with Gasteiger partial charge in [0, 0.05) is 6.04 Å². The van der Waals surface area contributed by atoms with Gasteiger partial charge in [-0.3, -0.25) is 4.79 Å². The van der Waals surface area contributed by atoms with E-state index in [4.69, 9.17) is 5.11 Å². The van der Waals surface area contributed by atoms with Crippen LogP contribution in [0.4, 0.5) is 14.5 Å². The molecule has 19 heavy (non-hydrogen) atoms. The van der Waals surface area contributed by atoms with E-state index >= 15 is 0 Å². The van der Waals surface area contributed by atoms with E-state index in [0.717, 1.165) is 0 Å². The number of nitrogens with one attached hydrogen (secondary N) is 2. The van der Waals surface area contributed by atoms with Gasteiger partial charge in [0.15, 0.2) is 0 Å². The second kappa shape index (κ2) is 6.12. The Bertz CT molecular complexity index is 481. The quantitative estimate of drug-likeness (QED) is 0.760. The van der Waals surface area contributed by atoms with Gasteiger partial charge in [0.25, 0.3) is 0 Å². The second-order valence-corrected chi connectivity index (χ2v) is 4.20. The number of carbonyl (C=O) groups is 2. The lowest BCUT2D eigenvalue weighted by atomic mass is 10.2. The third-order valence-electron chi connectivity index (χ3n) is 2.16. The summed E-state index contributed by atoms with van der Waals surface area (Å²) >= 11 is 0. The van der Waals surface area contributed by atoms with E-state index in [2.05, 4.69) is 10.6 Å². The number of benzene rings is 1. The summed E-state index contributed by atoms with van der Waals surface area (Å²) < 4.78 is 27.0. The topological polar surface area (TPSA) is 78.4 Å². The Balaban J connectivity index is 2.79. The van der Waals surface area contributed by atoms with Gasteiger partial charge in [0.2, 0.25) is 5.91 Å². The fourth-order valence-electron chi connectivity index (χ4n) is 1.41. The minimum Gasteiger partial charge on any atom is -0.478 e. The smallest absolute Gasteiger partial charge is 0.335 e. The van der Waals surface area contributed by atoms with Crippen LogP contribution in [0.3, 0.4) is 0 Å². The molecule has 1 aromatic rings. The van der Waals surface area contributed by atoms with Gasteiger partial charge < -0.3 is 15.7 Å². The Labute approximate surface area is 108 Å². The molecule has 1 aromatic carbocycles. The number of carboxylic acid groups (broad SMARTS) is 1. The highest BCUT2D eigenvalue weighted by molar-refractivity contribution is 5.88. The van der Waals surface area contributed by atoms with E-state index in [-0.39, 0.29) is 12.6 Å². The van der Waals surface area contributed by atoms with Gasteiger partial charge in [-0.2, -0.15) is 0 Å². The molecule has 0 aliphatic carbocycles. The Morgan fingerprint density at radius 3 is 2.21 bits per heavy atom. The van der Waals surface area contributed by atoms with Crippen molar-refractivity contribution in [3.8, 4) is 0 Å². The Hall–Kier alpha value is -2.18. The fourth-order valence-corrected chi connectivity index (χ4v) is 1.41. The van der Waals surface area contributed by atoms with Crippen molar-refractivity contribution in [2.75, 3.05) is 11.9 Å². The number of hydrogen-bond donors (Lipinski definition) is 3. The maximum Gasteiger partial charge on any atom is 0.335 e. The number of hydrogen-bond acceptors (Lipinski definition) is 3. The highest BCUT2D eigenvalue weighted by Crippen LogP contribution is 2.20. The summed E-state index contributed by atoms with van der Waals surface area (Å²) in [6.07, 6.45) is 0. The molecule has 1 rings (SSSR count). The predicted octanol–water partition coefficient (Wildman–Crippen LogP) is 1.60. The standard InChI is InChI=1S/C12H14F2N2O3/c1-6(2)16-10(17)5-15-11-8(13)3-7(12(18)19)4-9(11)14/h3-4,6,15H,5H2,1-2H3,(H,16,17)(H,18,19). The molecular formula is C12H14F2N2O3. The second-order valence-electron chi connectivity index (χ2n) is 4.20. The van der Waals surface area contributed by atoms with Crippen LogP contribution in [0, 0.1) is 11.6 Å². The van der Waals surface area contributed by atoms with Crippen molar-refractivity contribution >= 4 is 17.6 Å². The summed E-state index contributed by atoms with van der Waals surface area (Å²) in [5, 5.41) is 13.5. The molecule has 0 unspecified atom stereocenters. The molecule has 0 spiro atoms. The molecule has 1 amide bonds. The first kappa shape index (κ1) is 14.9. The lowest BCUT2D eigenvalue weighted by molar-refractivity contribution is -0.119. The van der Waals surface area contributed by atoms with Crippen LogP contribution >= 0.6 is 0 Å². The van der Waals surface area contributed by atoms with Crippen LogP contribution in [-0.2, 0) is 4.79 Å². The van der Waals surface area contributed by atoms with E-state index in [1.165, 1.54) is 0 Å². The van der Waals surface area contributed by atoms with Crippen LogP contribution in [0.5, 0.6) is 0 Å². The molecule has 0 aliphatic heterocycles. The zero-order valence-electron chi connectivity index (χ0n) is 10.5. The van der Waals surface area contributed by atoms with Crippen LogP contribution < -0.4 is 10.6 Å². The SMILES string of the molecule is CC(C)NC(=O)CNc1c(F)cc(C(=O)O)cc1F. The summed E-state index contributed by atoms with van der Waals surface area (Å²) in [6.45, 7) is 3.19. The molecule has 0 fully saturated rings. The van der Waals surface area contributed by atoms with Crippen LogP contribution in [0.1, 0.15) is 24.2 Å². The van der Waals surface area contributed by atoms with Crippen molar-refractivity contribution in [2.24, 2.45) is 0 Å². The molecule has 0 aromatic heterocycles. The predicted molar refractivity (Wildman–Crippen MR) is 65.1 cm³/mol. The number of carboxylic acids is 1. The van der Waals surface area contributed by atoms with Gasteiger partial charge in [-0.25, -0.2) is 13.6 Å². The molecule has 3 N–H and O–H groups in total. The van der Waals surface area contributed by atoms with Crippen molar-refractivity contribution < 1.29 is 23.5 Å². The molecule has 0 atom stereocenters. The highest BCUT2D eigenvalue weighted by Gasteiger charge is 2.15. The summed E-state index contributed by atoms with van der Waals surface area (Å²) in [5.41, 5.74) is -1.02. The first-order valence-corrected chi connectivity index (χ1v) is 5.57. The number of amides is 1. The van der Waals surface area contributed by atoms with Crippen molar-refractivity contribution in [3.63, 3.8) is 0 Å². The van der Waals surface area contributed by atoms with Gasteiger partial charge >= 0.3 is 5.97 Å². The maximum absolute atomic E-state index is 13.5. The minimum atomic E-state index is -1.43. The first-order chi connectivity index (χ1) is 8.81. The average molecular weight is 272 g/mol. The van der Waals surface area contributed by atoms with Gasteiger partial charge in [0.05, 0.1) is 12.1 Å². The third-order valence-corrected chi connectivity index (χ3v) is 2.16. The number of anilines is 1. The van der Waals surface area contributed by atoms with Gasteiger partial charge in [-0.05, 0) is 26.0 Å². The highest BCUT2D eigenvalue weighted by atomic mass is 19.1. The monoisotopic (exact) mass is 272 g/mol. The lowest BCUT2D eigenvalue weighted by Crippen LogP contribution is -2.35. The van der Waals surface area contributed by atoms with E-state index in [1.807, 2.05) is 0 Å². The van der Waals surface area contributed by atoms with E-state index in [1.54, 1.807) is 13.8 Å². The molecule has 0 saturated carbocycles. The third kappa shape index (κ3) is 4.20. The van der Waals surface area contributed by atoms with E-state index < -0.39 is 34.8 Å². The largest absolute Gasteiger partial charge is 0.478 e. The molecular weight excluding hydrogens is 258 g/mol. The van der Waals surface area contributed by atoms with Crippen LogP contribution in [0.25, 0.3) is 0 Å². The van der Waals surface area contributed by atoms with Crippen LogP contribution in [-0.4, -0.2) is 29.6 Å². The number of aromatic carboxylic acids is 1. The van der Waals surface area contributed by atoms with E-state index in [0.29, 0.717) is 12.1 Å². The van der Waals surface area contributed by atoms with Crippen molar-refractivity contribution in [1.29, 1.82) is 0 Å². The number of carbonyl (C=O) groups excluding carboxylic acids is 1. The molecule has 5 nitrogen and oxygen atoms in total. The Kier molecular flexibility index (Phi) is 4.80. The lowest BCUT2D eigenvalue weighted by Gasteiger charge is -2.11. The normalized spacial score (nSPS) is 10.4. The van der Waals surface area contributed by atoms with E-state index in [9.17, 15) is 18.4 Å². The first-order valence-electron chi connectivity index (χ1n) is 5.57. The molecule has 0 radical (unpaired) electrons. The zero-order valence-corrected chi connectivity index (χ0v) is 10.5. The summed E-state index contributed by atoms with van der Waals surface area (Å²) in [7, 11) is 0. The molecule has 104 valence electrons. The van der Waals surface area contributed by atoms with Crippen LogP contribution in [0.15, 0.2) is 12.1 Å². The van der Waals surface area contributed by atoms with Gasteiger partial charge in [-0.1, -0.05) is 0 Å². The van der Waals surface area contributed by atoms with Crippen LogP contribution in [0.2, 0.25) is 0 Å². The van der Waals surface area contributed by atoms with Gasteiger partial charge in [0.1, 0.15) is 17.3 Å². The van der Waals surface area contributed by atoms with Gasteiger partial charge in [-0.15, -0.1) is 0 Å². The Morgan fingerprint density at radius 1 is 1.26 bits per heavy atom. The van der Waals surface area contributed by atoms with Crippen molar-refractivity contribution in [3.05, 3.63) is 29.3 Å².